The first-order chi connectivity index (χ1) is 17.0. The number of hydrogen-bond acceptors (Lipinski definition) is 4. The Labute approximate surface area is 200 Å². The first-order valence-electron chi connectivity index (χ1n) is 11.2. The van der Waals surface area contributed by atoms with Gasteiger partial charge in [-0.15, -0.1) is 0 Å². The molecule has 0 fully saturated rings. The summed E-state index contributed by atoms with van der Waals surface area (Å²) in [4.78, 5) is 42.4. The maximum absolute atomic E-state index is 12.8. The van der Waals surface area contributed by atoms with E-state index in [2.05, 4.69) is 10.3 Å². The summed E-state index contributed by atoms with van der Waals surface area (Å²) in [5.41, 5.74) is 4.15. The number of aryl methyl sites for hydroxylation is 1. The lowest BCUT2D eigenvalue weighted by atomic mass is 10.1. The van der Waals surface area contributed by atoms with Gasteiger partial charge in [0.2, 0.25) is 5.91 Å². The summed E-state index contributed by atoms with van der Waals surface area (Å²) in [5.74, 6) is -0.460. The van der Waals surface area contributed by atoms with E-state index in [1.165, 1.54) is 16.8 Å². The molecule has 5 aromatic rings. The van der Waals surface area contributed by atoms with Crippen LogP contribution in [0, 0.1) is 6.92 Å². The van der Waals surface area contributed by atoms with E-state index in [4.69, 9.17) is 0 Å². The summed E-state index contributed by atoms with van der Waals surface area (Å²) < 4.78 is 4.32. The number of anilines is 1. The van der Waals surface area contributed by atoms with E-state index in [-0.39, 0.29) is 6.54 Å². The van der Waals surface area contributed by atoms with Crippen LogP contribution in [0.4, 0.5) is 5.69 Å². The van der Waals surface area contributed by atoms with Crippen LogP contribution in [0.1, 0.15) is 11.1 Å². The monoisotopic (exact) mass is 465 g/mol. The van der Waals surface area contributed by atoms with Gasteiger partial charge in [-0.3, -0.25) is 18.7 Å². The number of aromatic nitrogens is 4. The summed E-state index contributed by atoms with van der Waals surface area (Å²) in [7, 11) is 0. The Morgan fingerprint density at radius 3 is 2.43 bits per heavy atom. The number of imidazole rings is 1. The van der Waals surface area contributed by atoms with Gasteiger partial charge in [-0.25, -0.2) is 9.78 Å². The summed E-state index contributed by atoms with van der Waals surface area (Å²) in [6.07, 6.45) is 5.36. The van der Waals surface area contributed by atoms with Crippen LogP contribution in [0.25, 0.3) is 16.9 Å². The van der Waals surface area contributed by atoms with Crippen molar-refractivity contribution in [3.05, 3.63) is 123 Å². The van der Waals surface area contributed by atoms with Crippen LogP contribution in [-0.4, -0.2) is 24.4 Å². The number of amides is 1. The van der Waals surface area contributed by atoms with Gasteiger partial charge in [0, 0.05) is 35.9 Å². The molecule has 1 N–H and O–H groups in total. The minimum Gasteiger partial charge on any atom is -0.325 e. The number of benzene rings is 2. The SMILES string of the molecule is Cc1cccn2cc(-c3ccc(NC(=O)Cn4c(=O)ccn(Cc5ccccc5)c4=O)cc3)nc12. The number of rotatable bonds is 6. The molecule has 0 bridgehead atoms. The maximum atomic E-state index is 12.8. The molecule has 3 aromatic heterocycles. The molecule has 0 aliphatic heterocycles. The number of carbonyl (C=O) groups excluding carboxylic acids is 1. The van der Waals surface area contributed by atoms with Crippen molar-refractivity contribution in [3.63, 3.8) is 0 Å². The Balaban J connectivity index is 1.30. The lowest BCUT2D eigenvalue weighted by Gasteiger charge is -2.10. The molecule has 2 aromatic carbocycles. The predicted molar refractivity (Wildman–Crippen MR) is 135 cm³/mol. The lowest BCUT2D eigenvalue weighted by Crippen LogP contribution is -2.41. The average molecular weight is 466 g/mol. The molecule has 0 aliphatic carbocycles. The van der Waals surface area contributed by atoms with Gasteiger partial charge in [0.05, 0.1) is 12.2 Å². The second-order valence-corrected chi connectivity index (χ2v) is 8.31. The molecular weight excluding hydrogens is 442 g/mol. The predicted octanol–water partition coefficient (Wildman–Crippen LogP) is 3.32. The number of pyridine rings is 1. The fourth-order valence-electron chi connectivity index (χ4n) is 3.96. The van der Waals surface area contributed by atoms with Gasteiger partial charge in [0.15, 0.2) is 0 Å². The summed E-state index contributed by atoms with van der Waals surface area (Å²) in [5, 5.41) is 2.76. The lowest BCUT2D eigenvalue weighted by molar-refractivity contribution is -0.116. The first kappa shape index (κ1) is 22.1. The minimum atomic E-state index is -0.533. The summed E-state index contributed by atoms with van der Waals surface area (Å²) >= 11 is 0. The van der Waals surface area contributed by atoms with Gasteiger partial charge in [0.1, 0.15) is 12.2 Å². The van der Waals surface area contributed by atoms with Gasteiger partial charge in [-0.1, -0.05) is 48.5 Å². The molecule has 8 heteroatoms. The van der Waals surface area contributed by atoms with E-state index in [1.807, 2.05) is 78.3 Å². The average Bonchev–Trinajstić information content (AvgIpc) is 3.31. The van der Waals surface area contributed by atoms with Crippen molar-refractivity contribution in [1.82, 2.24) is 18.5 Å². The zero-order valence-electron chi connectivity index (χ0n) is 19.1. The van der Waals surface area contributed by atoms with Crippen LogP contribution in [-0.2, 0) is 17.9 Å². The van der Waals surface area contributed by atoms with Crippen LogP contribution in [0.2, 0.25) is 0 Å². The van der Waals surface area contributed by atoms with Gasteiger partial charge in [0.25, 0.3) is 5.56 Å². The first-order valence-corrected chi connectivity index (χ1v) is 11.2. The molecule has 0 aliphatic rings. The van der Waals surface area contributed by atoms with E-state index in [1.54, 1.807) is 12.1 Å². The number of hydrogen-bond donors (Lipinski definition) is 1. The van der Waals surface area contributed by atoms with Crippen molar-refractivity contribution in [1.29, 1.82) is 0 Å². The Kier molecular flexibility index (Phi) is 5.85. The number of nitrogens with zero attached hydrogens (tertiary/aromatic N) is 4. The highest BCUT2D eigenvalue weighted by atomic mass is 16.2. The van der Waals surface area contributed by atoms with Crippen molar-refractivity contribution in [2.75, 3.05) is 5.32 Å². The smallest absolute Gasteiger partial charge is 0.325 e. The van der Waals surface area contributed by atoms with Crippen molar-refractivity contribution < 1.29 is 4.79 Å². The Bertz CT molecular complexity index is 1630. The summed E-state index contributed by atoms with van der Waals surface area (Å²) in [6.45, 7) is 1.95. The van der Waals surface area contributed by atoms with Crippen molar-refractivity contribution in [2.24, 2.45) is 0 Å². The van der Waals surface area contributed by atoms with E-state index in [0.717, 1.165) is 32.6 Å². The van der Waals surface area contributed by atoms with Crippen LogP contribution >= 0.6 is 0 Å². The van der Waals surface area contributed by atoms with Gasteiger partial charge < -0.3 is 9.72 Å². The molecule has 35 heavy (non-hydrogen) atoms. The highest BCUT2D eigenvalue weighted by molar-refractivity contribution is 5.90. The molecule has 174 valence electrons. The number of nitrogens with one attached hydrogen (secondary N) is 1. The molecular formula is C27H23N5O3. The molecule has 0 spiro atoms. The Morgan fingerprint density at radius 2 is 1.69 bits per heavy atom. The molecule has 0 unspecified atom stereocenters. The van der Waals surface area contributed by atoms with Gasteiger partial charge in [-0.2, -0.15) is 0 Å². The maximum Gasteiger partial charge on any atom is 0.331 e. The number of fused-ring (bicyclic) bond motifs is 1. The molecule has 1 amide bonds. The zero-order chi connectivity index (χ0) is 24.4. The minimum absolute atomic E-state index is 0.311. The standard InChI is InChI=1S/C27H23N5O3/c1-19-6-5-14-30-17-23(29-26(19)30)21-9-11-22(12-10-21)28-24(33)18-32-25(34)13-15-31(27(32)35)16-20-7-3-2-4-8-20/h2-15,17H,16,18H2,1H3,(H,28,33). The molecule has 0 atom stereocenters. The van der Waals surface area contributed by atoms with E-state index in [9.17, 15) is 14.4 Å². The van der Waals surface area contributed by atoms with E-state index < -0.39 is 17.2 Å². The number of carbonyl (C=O) groups is 1. The second-order valence-electron chi connectivity index (χ2n) is 8.31. The topological polar surface area (TPSA) is 90.4 Å². The van der Waals surface area contributed by atoms with Crippen LogP contribution in [0.5, 0.6) is 0 Å². The molecule has 0 saturated heterocycles. The van der Waals surface area contributed by atoms with Crippen LogP contribution in [0.15, 0.2) is 101 Å². The largest absolute Gasteiger partial charge is 0.331 e. The zero-order valence-corrected chi connectivity index (χ0v) is 19.1. The Morgan fingerprint density at radius 1 is 0.914 bits per heavy atom. The molecule has 0 radical (unpaired) electrons. The second kappa shape index (κ2) is 9.26. The quantitative estimate of drug-likeness (QED) is 0.417. The molecule has 8 nitrogen and oxygen atoms in total. The normalized spacial score (nSPS) is 11.0. The third-order valence-electron chi connectivity index (χ3n) is 5.78. The van der Waals surface area contributed by atoms with Gasteiger partial charge >= 0.3 is 5.69 Å². The van der Waals surface area contributed by atoms with E-state index >= 15 is 0 Å². The van der Waals surface area contributed by atoms with Crippen molar-refractivity contribution >= 4 is 17.2 Å². The fourth-order valence-corrected chi connectivity index (χ4v) is 3.96. The highest BCUT2D eigenvalue weighted by Crippen LogP contribution is 2.22. The molecule has 5 rings (SSSR count). The fraction of sp³-hybridized carbons (Fsp3) is 0.111. The summed E-state index contributed by atoms with van der Waals surface area (Å²) in [6, 6.07) is 22.0. The van der Waals surface area contributed by atoms with Crippen LogP contribution in [0.3, 0.4) is 0 Å². The van der Waals surface area contributed by atoms with Crippen LogP contribution < -0.4 is 16.6 Å². The van der Waals surface area contributed by atoms with Crippen molar-refractivity contribution in [3.8, 4) is 11.3 Å². The molecule has 3 heterocycles. The van der Waals surface area contributed by atoms with Gasteiger partial charge in [-0.05, 0) is 36.2 Å². The third kappa shape index (κ3) is 4.67. The highest BCUT2D eigenvalue weighted by Gasteiger charge is 2.12. The third-order valence-corrected chi connectivity index (χ3v) is 5.78. The van der Waals surface area contributed by atoms with E-state index in [0.29, 0.717) is 12.2 Å². The Hall–Kier alpha value is -4.72. The molecule has 0 saturated carbocycles. The van der Waals surface area contributed by atoms with Crippen molar-refractivity contribution in [2.45, 2.75) is 20.0 Å².